The lowest BCUT2D eigenvalue weighted by Crippen LogP contribution is -2.24. The van der Waals surface area contributed by atoms with Crippen molar-refractivity contribution in [2.45, 2.75) is 51.7 Å². The maximum atomic E-state index is 6.10. The zero-order valence-corrected chi connectivity index (χ0v) is 12.7. The molecule has 1 aromatic carbocycles. The van der Waals surface area contributed by atoms with Gasteiger partial charge in [0.25, 0.3) is 0 Å². The molecule has 3 atom stereocenters. The minimum absolute atomic E-state index is 0.0602. The standard InChI is InChI=1S/C15H22BrNO/c1-10-4-3-5-13(8-10)18-15-7-6-12(11(2)17)9-14(15)16/h6-7,9-11,13H,3-5,8,17H2,1-2H3/t10?,11-,13?/m1/s1. The fraction of sp³-hybridized carbons (Fsp3) is 0.600. The van der Waals surface area contributed by atoms with Crippen LogP contribution in [-0.4, -0.2) is 6.10 Å². The Morgan fingerprint density at radius 2 is 2.17 bits per heavy atom. The van der Waals surface area contributed by atoms with Gasteiger partial charge in [-0.25, -0.2) is 0 Å². The van der Waals surface area contributed by atoms with Crippen LogP contribution in [0.2, 0.25) is 0 Å². The first-order chi connectivity index (χ1) is 8.56. The van der Waals surface area contributed by atoms with Crippen LogP contribution in [0.25, 0.3) is 0 Å². The highest BCUT2D eigenvalue weighted by Gasteiger charge is 2.21. The maximum Gasteiger partial charge on any atom is 0.133 e. The van der Waals surface area contributed by atoms with E-state index in [0.29, 0.717) is 6.10 Å². The van der Waals surface area contributed by atoms with Gasteiger partial charge in [0.2, 0.25) is 0 Å². The van der Waals surface area contributed by atoms with Gasteiger partial charge in [0.05, 0.1) is 10.6 Å². The van der Waals surface area contributed by atoms with E-state index in [0.717, 1.165) is 21.7 Å². The Hall–Kier alpha value is -0.540. The molecule has 2 N–H and O–H groups in total. The summed E-state index contributed by atoms with van der Waals surface area (Å²) in [5.74, 6) is 1.73. The third-order valence-corrected chi connectivity index (χ3v) is 4.28. The lowest BCUT2D eigenvalue weighted by Gasteiger charge is -2.28. The maximum absolute atomic E-state index is 6.10. The number of nitrogens with two attached hydrogens (primary N) is 1. The molecule has 18 heavy (non-hydrogen) atoms. The molecule has 0 saturated heterocycles. The molecule has 0 spiro atoms. The quantitative estimate of drug-likeness (QED) is 0.896. The van der Waals surface area contributed by atoms with Crippen molar-refractivity contribution in [1.29, 1.82) is 0 Å². The van der Waals surface area contributed by atoms with E-state index in [-0.39, 0.29) is 6.04 Å². The summed E-state index contributed by atoms with van der Waals surface area (Å²) in [5, 5.41) is 0. The van der Waals surface area contributed by atoms with Gasteiger partial charge in [0, 0.05) is 6.04 Å². The molecule has 1 aliphatic rings. The molecular weight excluding hydrogens is 290 g/mol. The normalized spacial score (nSPS) is 25.8. The van der Waals surface area contributed by atoms with Crippen LogP contribution in [-0.2, 0) is 0 Å². The molecule has 0 aromatic heterocycles. The average molecular weight is 312 g/mol. The smallest absolute Gasteiger partial charge is 0.133 e. The van der Waals surface area contributed by atoms with Gasteiger partial charge in [-0.2, -0.15) is 0 Å². The summed E-state index contributed by atoms with van der Waals surface area (Å²) in [6.45, 7) is 4.30. The second kappa shape index (κ2) is 6.07. The molecule has 0 radical (unpaired) electrons. The van der Waals surface area contributed by atoms with Crippen molar-refractivity contribution in [2.75, 3.05) is 0 Å². The molecule has 2 unspecified atom stereocenters. The molecule has 0 aliphatic heterocycles. The van der Waals surface area contributed by atoms with Crippen LogP contribution < -0.4 is 10.5 Å². The average Bonchev–Trinajstić information content (AvgIpc) is 2.31. The summed E-state index contributed by atoms with van der Waals surface area (Å²) < 4.78 is 7.11. The Morgan fingerprint density at radius 3 is 2.78 bits per heavy atom. The molecule has 2 nitrogen and oxygen atoms in total. The number of halogens is 1. The van der Waals surface area contributed by atoms with Crippen LogP contribution in [0.5, 0.6) is 5.75 Å². The van der Waals surface area contributed by atoms with Gasteiger partial charge in [-0.05, 0) is 65.7 Å². The van der Waals surface area contributed by atoms with Crippen LogP contribution in [0, 0.1) is 5.92 Å². The summed E-state index contributed by atoms with van der Waals surface area (Å²) in [5.41, 5.74) is 7.00. The second-order valence-electron chi connectivity index (χ2n) is 5.49. The van der Waals surface area contributed by atoms with Crippen LogP contribution >= 0.6 is 15.9 Å². The van der Waals surface area contributed by atoms with Crippen molar-refractivity contribution in [2.24, 2.45) is 11.7 Å². The third kappa shape index (κ3) is 3.48. The monoisotopic (exact) mass is 311 g/mol. The van der Waals surface area contributed by atoms with Crippen LogP contribution in [0.3, 0.4) is 0 Å². The van der Waals surface area contributed by atoms with Crippen molar-refractivity contribution >= 4 is 15.9 Å². The minimum Gasteiger partial charge on any atom is -0.489 e. The van der Waals surface area contributed by atoms with E-state index in [1.165, 1.54) is 25.7 Å². The molecule has 1 fully saturated rings. The van der Waals surface area contributed by atoms with E-state index in [1.807, 2.05) is 13.0 Å². The van der Waals surface area contributed by atoms with Gasteiger partial charge in [0.15, 0.2) is 0 Å². The van der Waals surface area contributed by atoms with Crippen LogP contribution in [0.4, 0.5) is 0 Å². The Balaban J connectivity index is 2.05. The first-order valence-corrected chi connectivity index (χ1v) is 7.57. The highest BCUT2D eigenvalue weighted by Crippen LogP contribution is 2.32. The molecule has 0 amide bonds. The highest BCUT2D eigenvalue weighted by atomic mass is 79.9. The fourth-order valence-corrected chi connectivity index (χ4v) is 3.05. The predicted molar refractivity (Wildman–Crippen MR) is 78.8 cm³/mol. The van der Waals surface area contributed by atoms with Gasteiger partial charge >= 0.3 is 0 Å². The Labute approximate surface area is 118 Å². The van der Waals surface area contributed by atoms with Gasteiger partial charge in [-0.1, -0.05) is 19.4 Å². The summed E-state index contributed by atoms with van der Waals surface area (Å²) >= 11 is 3.58. The first-order valence-electron chi connectivity index (χ1n) is 6.78. The first kappa shape index (κ1) is 13.9. The summed E-state index contributed by atoms with van der Waals surface area (Å²) in [4.78, 5) is 0. The Kier molecular flexibility index (Phi) is 4.68. The predicted octanol–water partition coefficient (Wildman–Crippen LogP) is 4.43. The van der Waals surface area contributed by atoms with E-state index in [2.05, 4.69) is 35.0 Å². The fourth-order valence-electron chi connectivity index (χ4n) is 2.56. The zero-order chi connectivity index (χ0) is 13.1. The summed E-state index contributed by atoms with van der Waals surface area (Å²) in [6, 6.07) is 6.20. The molecule has 2 rings (SSSR count). The van der Waals surface area contributed by atoms with Gasteiger partial charge in [-0.3, -0.25) is 0 Å². The molecule has 3 heteroatoms. The van der Waals surface area contributed by atoms with E-state index >= 15 is 0 Å². The Morgan fingerprint density at radius 1 is 1.39 bits per heavy atom. The number of hydrogen-bond donors (Lipinski definition) is 1. The Bertz CT molecular complexity index is 405. The number of ether oxygens (including phenoxy) is 1. The minimum atomic E-state index is 0.0602. The SMILES string of the molecule is CC1CCCC(Oc2ccc([C@@H](C)N)cc2Br)C1. The molecule has 0 bridgehead atoms. The topological polar surface area (TPSA) is 35.2 Å². The molecule has 1 aliphatic carbocycles. The molecule has 0 heterocycles. The van der Waals surface area contributed by atoms with E-state index < -0.39 is 0 Å². The molecular formula is C15H22BrNO. The van der Waals surface area contributed by atoms with Gasteiger partial charge in [0.1, 0.15) is 5.75 Å². The third-order valence-electron chi connectivity index (χ3n) is 3.66. The van der Waals surface area contributed by atoms with Gasteiger partial charge in [-0.15, -0.1) is 0 Å². The lowest BCUT2D eigenvalue weighted by molar-refractivity contribution is 0.128. The number of rotatable bonds is 3. The second-order valence-corrected chi connectivity index (χ2v) is 6.34. The van der Waals surface area contributed by atoms with Gasteiger partial charge < -0.3 is 10.5 Å². The van der Waals surface area contributed by atoms with Crippen molar-refractivity contribution in [3.63, 3.8) is 0 Å². The summed E-state index contributed by atoms with van der Waals surface area (Å²) in [7, 11) is 0. The molecule has 1 saturated carbocycles. The van der Waals surface area contributed by atoms with Crippen LogP contribution in [0.15, 0.2) is 22.7 Å². The van der Waals surface area contributed by atoms with E-state index in [4.69, 9.17) is 10.5 Å². The van der Waals surface area contributed by atoms with E-state index in [1.54, 1.807) is 0 Å². The number of benzene rings is 1. The number of hydrogen-bond acceptors (Lipinski definition) is 2. The van der Waals surface area contributed by atoms with Crippen molar-refractivity contribution in [3.05, 3.63) is 28.2 Å². The largest absolute Gasteiger partial charge is 0.489 e. The molecule has 100 valence electrons. The summed E-state index contributed by atoms with van der Waals surface area (Å²) in [6.07, 6.45) is 5.32. The van der Waals surface area contributed by atoms with Crippen molar-refractivity contribution in [3.8, 4) is 5.75 Å². The molecule has 1 aromatic rings. The lowest BCUT2D eigenvalue weighted by atomic mass is 9.89. The van der Waals surface area contributed by atoms with Crippen LogP contribution in [0.1, 0.15) is 51.1 Å². The van der Waals surface area contributed by atoms with E-state index in [9.17, 15) is 0 Å². The highest BCUT2D eigenvalue weighted by molar-refractivity contribution is 9.10. The zero-order valence-electron chi connectivity index (χ0n) is 11.2. The van der Waals surface area contributed by atoms with Crippen molar-refractivity contribution in [1.82, 2.24) is 0 Å². The van der Waals surface area contributed by atoms with Crippen molar-refractivity contribution < 1.29 is 4.74 Å².